The maximum absolute atomic E-state index is 12.7. The van der Waals surface area contributed by atoms with E-state index >= 15 is 0 Å². The Morgan fingerprint density at radius 1 is 1.24 bits per heavy atom. The summed E-state index contributed by atoms with van der Waals surface area (Å²) in [4.78, 5) is 0.0155. The summed E-state index contributed by atoms with van der Waals surface area (Å²) in [5.74, 6) is -0.402. The number of rotatable bonds is 7. The van der Waals surface area contributed by atoms with Gasteiger partial charge in [-0.25, -0.2) is 25.9 Å². The highest BCUT2D eigenvalue weighted by Gasteiger charge is 2.36. The van der Waals surface area contributed by atoms with Gasteiger partial charge in [-0.3, -0.25) is 0 Å². The van der Waals surface area contributed by atoms with Gasteiger partial charge in [0.25, 0.3) is 0 Å². The SMILES string of the molecule is COc1cc(C)ccc1S(=O)(=O)N[C@@H]1COC[C@H]1CS(=O)(=O)N(C)C. The summed E-state index contributed by atoms with van der Waals surface area (Å²) in [6.45, 7) is 2.14. The number of benzene rings is 1. The Morgan fingerprint density at radius 2 is 1.92 bits per heavy atom. The van der Waals surface area contributed by atoms with E-state index in [0.717, 1.165) is 9.87 Å². The topological polar surface area (TPSA) is 102 Å². The fraction of sp³-hybridized carbons (Fsp3) is 0.600. The molecule has 0 amide bonds. The fourth-order valence-electron chi connectivity index (χ4n) is 2.57. The van der Waals surface area contributed by atoms with Crippen LogP contribution in [-0.4, -0.2) is 67.4 Å². The van der Waals surface area contributed by atoms with E-state index in [-0.39, 0.29) is 29.6 Å². The van der Waals surface area contributed by atoms with Gasteiger partial charge in [0.2, 0.25) is 20.0 Å². The van der Waals surface area contributed by atoms with Gasteiger partial charge < -0.3 is 9.47 Å². The average Bonchev–Trinajstić information content (AvgIpc) is 2.92. The molecule has 142 valence electrons. The molecule has 0 bridgehead atoms. The molecule has 1 fully saturated rings. The average molecular weight is 392 g/mol. The summed E-state index contributed by atoms with van der Waals surface area (Å²) in [6.07, 6.45) is 0. The largest absolute Gasteiger partial charge is 0.495 e. The van der Waals surface area contributed by atoms with E-state index in [4.69, 9.17) is 9.47 Å². The Hall–Kier alpha value is -1.20. The summed E-state index contributed by atoms with van der Waals surface area (Å²) < 4.78 is 63.8. The van der Waals surface area contributed by atoms with Crippen molar-refractivity contribution < 1.29 is 26.3 Å². The van der Waals surface area contributed by atoms with Crippen LogP contribution >= 0.6 is 0 Å². The first-order valence-electron chi connectivity index (χ1n) is 7.72. The minimum absolute atomic E-state index is 0.0155. The van der Waals surface area contributed by atoms with Gasteiger partial charge in [0.05, 0.1) is 32.1 Å². The summed E-state index contributed by atoms with van der Waals surface area (Å²) in [5, 5.41) is 0. The third-order valence-electron chi connectivity index (χ3n) is 4.09. The number of ether oxygens (including phenoxy) is 2. The van der Waals surface area contributed by atoms with Gasteiger partial charge in [-0.05, 0) is 24.6 Å². The highest BCUT2D eigenvalue weighted by Crippen LogP contribution is 2.26. The van der Waals surface area contributed by atoms with Crippen LogP contribution in [0.1, 0.15) is 5.56 Å². The van der Waals surface area contributed by atoms with Gasteiger partial charge in [0.15, 0.2) is 0 Å². The second-order valence-corrected chi connectivity index (χ2v) is 10.2. The van der Waals surface area contributed by atoms with Crippen molar-refractivity contribution in [1.29, 1.82) is 0 Å². The molecule has 1 aromatic rings. The smallest absolute Gasteiger partial charge is 0.244 e. The van der Waals surface area contributed by atoms with E-state index in [1.807, 2.05) is 6.92 Å². The van der Waals surface area contributed by atoms with Gasteiger partial charge in [0, 0.05) is 20.0 Å². The molecule has 2 rings (SSSR count). The molecule has 0 radical (unpaired) electrons. The van der Waals surface area contributed by atoms with Crippen LogP contribution in [-0.2, 0) is 24.8 Å². The monoisotopic (exact) mass is 392 g/mol. The Labute approximate surface area is 149 Å². The normalized spacial score (nSPS) is 21.6. The molecule has 1 aromatic carbocycles. The molecule has 25 heavy (non-hydrogen) atoms. The van der Waals surface area contributed by atoms with Crippen LogP contribution in [0.5, 0.6) is 5.75 Å². The maximum atomic E-state index is 12.7. The van der Waals surface area contributed by atoms with E-state index in [9.17, 15) is 16.8 Å². The second-order valence-electron chi connectivity index (χ2n) is 6.24. The summed E-state index contributed by atoms with van der Waals surface area (Å²) in [5.41, 5.74) is 0.870. The fourth-order valence-corrected chi connectivity index (χ4v) is 5.18. The minimum atomic E-state index is -3.88. The van der Waals surface area contributed by atoms with Gasteiger partial charge in [-0.15, -0.1) is 0 Å². The summed E-state index contributed by atoms with van der Waals surface area (Å²) in [6, 6.07) is 4.16. The molecule has 0 spiro atoms. The Morgan fingerprint density at radius 3 is 2.52 bits per heavy atom. The Balaban J connectivity index is 2.22. The molecule has 0 aromatic heterocycles. The lowest BCUT2D eigenvalue weighted by Gasteiger charge is -2.21. The van der Waals surface area contributed by atoms with Crippen molar-refractivity contribution in [2.75, 3.05) is 40.2 Å². The zero-order chi connectivity index (χ0) is 18.8. The van der Waals surface area contributed by atoms with Crippen LogP contribution in [0, 0.1) is 12.8 Å². The predicted molar refractivity (Wildman–Crippen MR) is 93.6 cm³/mol. The third-order valence-corrected chi connectivity index (χ3v) is 7.59. The lowest BCUT2D eigenvalue weighted by atomic mass is 10.1. The van der Waals surface area contributed by atoms with Crippen molar-refractivity contribution in [2.24, 2.45) is 5.92 Å². The first-order chi connectivity index (χ1) is 11.6. The van der Waals surface area contributed by atoms with Gasteiger partial charge >= 0.3 is 0 Å². The summed E-state index contributed by atoms with van der Waals surface area (Å²) in [7, 11) is -3.04. The predicted octanol–water partition coefficient (Wildman–Crippen LogP) is 0.188. The maximum Gasteiger partial charge on any atom is 0.244 e. The molecule has 2 atom stereocenters. The molecule has 1 N–H and O–H groups in total. The van der Waals surface area contributed by atoms with Crippen molar-refractivity contribution in [1.82, 2.24) is 9.03 Å². The zero-order valence-electron chi connectivity index (χ0n) is 14.7. The molecule has 8 nitrogen and oxygen atoms in total. The molecule has 1 aliphatic rings. The highest BCUT2D eigenvalue weighted by atomic mass is 32.2. The molecule has 0 unspecified atom stereocenters. The third kappa shape index (κ3) is 4.70. The van der Waals surface area contributed by atoms with E-state index in [2.05, 4.69) is 4.72 Å². The summed E-state index contributed by atoms with van der Waals surface area (Å²) >= 11 is 0. The van der Waals surface area contributed by atoms with Crippen molar-refractivity contribution in [3.05, 3.63) is 23.8 Å². The van der Waals surface area contributed by atoms with Crippen molar-refractivity contribution in [2.45, 2.75) is 17.9 Å². The number of sulfonamides is 2. The van der Waals surface area contributed by atoms with Crippen LogP contribution in [0.4, 0.5) is 0 Å². The van der Waals surface area contributed by atoms with Crippen LogP contribution in [0.2, 0.25) is 0 Å². The molecule has 0 aliphatic carbocycles. The first-order valence-corrected chi connectivity index (χ1v) is 10.8. The number of hydrogen-bond donors (Lipinski definition) is 1. The minimum Gasteiger partial charge on any atom is -0.495 e. The van der Waals surface area contributed by atoms with E-state index in [0.29, 0.717) is 0 Å². The van der Waals surface area contributed by atoms with Crippen molar-refractivity contribution >= 4 is 20.0 Å². The molecule has 1 aliphatic heterocycles. The number of hydrogen-bond acceptors (Lipinski definition) is 6. The number of nitrogens with zero attached hydrogens (tertiary/aromatic N) is 1. The quantitative estimate of drug-likeness (QED) is 0.711. The van der Waals surface area contributed by atoms with Crippen LogP contribution in [0.15, 0.2) is 23.1 Å². The van der Waals surface area contributed by atoms with Crippen LogP contribution in [0.3, 0.4) is 0 Å². The molecule has 0 saturated carbocycles. The lowest BCUT2D eigenvalue weighted by Crippen LogP contribution is -2.43. The van der Waals surface area contributed by atoms with Crippen molar-refractivity contribution in [3.8, 4) is 5.75 Å². The van der Waals surface area contributed by atoms with Gasteiger partial charge in [0.1, 0.15) is 10.6 Å². The van der Waals surface area contributed by atoms with Gasteiger partial charge in [-0.1, -0.05) is 6.07 Å². The van der Waals surface area contributed by atoms with E-state index in [1.165, 1.54) is 27.3 Å². The van der Waals surface area contributed by atoms with Gasteiger partial charge in [-0.2, -0.15) is 0 Å². The molecule has 10 heteroatoms. The standard InChI is InChI=1S/C15H24N2O6S2/c1-11-5-6-15(14(7-11)22-4)25(20,21)16-13-9-23-8-12(13)10-24(18,19)17(2)3/h5-7,12-13,16H,8-10H2,1-4H3/t12-,13+/m0/s1. The molecule has 1 heterocycles. The highest BCUT2D eigenvalue weighted by molar-refractivity contribution is 7.89. The Kier molecular flexibility index (Phi) is 6.10. The van der Waals surface area contributed by atoms with E-state index < -0.39 is 32.0 Å². The number of aryl methyl sites for hydroxylation is 1. The van der Waals surface area contributed by atoms with Crippen molar-refractivity contribution in [3.63, 3.8) is 0 Å². The number of nitrogens with one attached hydrogen (secondary N) is 1. The van der Waals surface area contributed by atoms with Crippen LogP contribution < -0.4 is 9.46 Å². The molecular formula is C15H24N2O6S2. The molecular weight excluding hydrogens is 368 g/mol. The molecule has 1 saturated heterocycles. The number of methoxy groups -OCH3 is 1. The second kappa shape index (κ2) is 7.58. The van der Waals surface area contributed by atoms with E-state index in [1.54, 1.807) is 12.1 Å². The first kappa shape index (κ1) is 20.1. The Bertz CT molecular complexity index is 820. The zero-order valence-corrected chi connectivity index (χ0v) is 16.4. The van der Waals surface area contributed by atoms with Crippen LogP contribution in [0.25, 0.3) is 0 Å². The lowest BCUT2D eigenvalue weighted by molar-refractivity contribution is 0.185.